The van der Waals surface area contributed by atoms with Crippen LogP contribution in [-0.4, -0.2) is 18.7 Å². The highest BCUT2D eigenvalue weighted by molar-refractivity contribution is 5.74. The van der Waals surface area contributed by atoms with Crippen molar-refractivity contribution < 1.29 is 13.9 Å². The van der Waals surface area contributed by atoms with E-state index in [0.717, 1.165) is 25.7 Å². The van der Waals surface area contributed by atoms with Crippen LogP contribution in [0.2, 0.25) is 0 Å². The van der Waals surface area contributed by atoms with E-state index in [2.05, 4.69) is 6.92 Å². The zero-order chi connectivity index (χ0) is 10.1. The van der Waals surface area contributed by atoms with Crippen molar-refractivity contribution in [1.82, 2.24) is 0 Å². The lowest BCUT2D eigenvalue weighted by Gasteiger charge is -2.06. The lowest BCUT2D eigenvalue weighted by molar-refractivity contribution is -0.149. The molecule has 0 aromatic rings. The SMILES string of the molecule is CCCCCCOC(=O)C(F)CC. The minimum atomic E-state index is -1.44. The van der Waals surface area contributed by atoms with E-state index in [9.17, 15) is 9.18 Å². The summed E-state index contributed by atoms with van der Waals surface area (Å²) in [5.41, 5.74) is 0. The van der Waals surface area contributed by atoms with E-state index < -0.39 is 12.1 Å². The van der Waals surface area contributed by atoms with E-state index >= 15 is 0 Å². The van der Waals surface area contributed by atoms with Crippen molar-refractivity contribution in [2.75, 3.05) is 6.61 Å². The zero-order valence-corrected chi connectivity index (χ0v) is 8.51. The minimum Gasteiger partial charge on any atom is -0.464 e. The van der Waals surface area contributed by atoms with Gasteiger partial charge in [0, 0.05) is 0 Å². The van der Waals surface area contributed by atoms with Gasteiger partial charge in [-0.25, -0.2) is 9.18 Å². The van der Waals surface area contributed by atoms with Crippen LogP contribution in [0.4, 0.5) is 4.39 Å². The van der Waals surface area contributed by atoms with Gasteiger partial charge >= 0.3 is 5.97 Å². The van der Waals surface area contributed by atoms with Crippen molar-refractivity contribution in [3.05, 3.63) is 0 Å². The van der Waals surface area contributed by atoms with Crippen molar-refractivity contribution >= 4 is 5.97 Å². The number of unbranched alkanes of at least 4 members (excludes halogenated alkanes) is 3. The predicted octanol–water partition coefficient (Wildman–Crippen LogP) is 2.86. The maximum absolute atomic E-state index is 12.6. The Balaban J connectivity index is 3.27. The van der Waals surface area contributed by atoms with Crippen LogP contribution < -0.4 is 0 Å². The third-order valence-corrected chi connectivity index (χ3v) is 1.86. The second kappa shape index (κ2) is 8.02. The molecule has 0 fully saturated rings. The van der Waals surface area contributed by atoms with Crippen LogP contribution in [-0.2, 0) is 9.53 Å². The van der Waals surface area contributed by atoms with E-state index in [1.54, 1.807) is 6.92 Å². The third-order valence-electron chi connectivity index (χ3n) is 1.86. The molecule has 0 amide bonds. The number of carbonyl (C=O) groups is 1. The van der Waals surface area contributed by atoms with Gasteiger partial charge in [-0.3, -0.25) is 0 Å². The molecule has 0 aliphatic carbocycles. The Kier molecular flexibility index (Phi) is 7.65. The van der Waals surface area contributed by atoms with Crippen LogP contribution in [0, 0.1) is 0 Å². The van der Waals surface area contributed by atoms with Gasteiger partial charge in [-0.2, -0.15) is 0 Å². The van der Waals surface area contributed by atoms with Crippen LogP contribution in [0.15, 0.2) is 0 Å². The van der Waals surface area contributed by atoms with Crippen molar-refractivity contribution in [2.24, 2.45) is 0 Å². The summed E-state index contributed by atoms with van der Waals surface area (Å²) in [6.07, 6.45) is 2.95. The molecule has 0 aliphatic heterocycles. The van der Waals surface area contributed by atoms with Gasteiger partial charge in [-0.15, -0.1) is 0 Å². The Morgan fingerprint density at radius 2 is 2.00 bits per heavy atom. The predicted molar refractivity (Wildman–Crippen MR) is 50.3 cm³/mol. The number of ether oxygens (including phenoxy) is 1. The molecule has 0 aliphatic rings. The molecule has 78 valence electrons. The number of esters is 1. The first-order valence-electron chi connectivity index (χ1n) is 5.03. The van der Waals surface area contributed by atoms with Crippen molar-refractivity contribution in [3.63, 3.8) is 0 Å². The molecule has 1 unspecified atom stereocenters. The highest BCUT2D eigenvalue weighted by atomic mass is 19.1. The molecule has 13 heavy (non-hydrogen) atoms. The summed E-state index contributed by atoms with van der Waals surface area (Å²) in [4.78, 5) is 10.8. The summed E-state index contributed by atoms with van der Waals surface area (Å²) < 4.78 is 17.4. The maximum atomic E-state index is 12.6. The van der Waals surface area contributed by atoms with Crippen LogP contribution in [0.25, 0.3) is 0 Å². The Labute approximate surface area is 79.5 Å². The van der Waals surface area contributed by atoms with E-state index in [4.69, 9.17) is 4.74 Å². The summed E-state index contributed by atoms with van der Waals surface area (Å²) in [7, 11) is 0. The van der Waals surface area contributed by atoms with E-state index in [1.807, 2.05) is 0 Å². The molecule has 3 heteroatoms. The first kappa shape index (κ1) is 12.4. The average molecular weight is 190 g/mol. The smallest absolute Gasteiger partial charge is 0.340 e. The number of hydrogen-bond donors (Lipinski definition) is 0. The second-order valence-corrected chi connectivity index (χ2v) is 3.10. The van der Waals surface area contributed by atoms with Gasteiger partial charge in [0.25, 0.3) is 0 Å². The van der Waals surface area contributed by atoms with Gasteiger partial charge in [0.05, 0.1) is 6.61 Å². The molecule has 0 aromatic heterocycles. The third kappa shape index (κ3) is 6.55. The molecule has 0 aromatic carbocycles. The number of halogens is 1. The zero-order valence-electron chi connectivity index (χ0n) is 8.51. The highest BCUT2D eigenvalue weighted by Gasteiger charge is 2.15. The first-order valence-corrected chi connectivity index (χ1v) is 5.03. The molecule has 1 atom stereocenters. The molecule has 0 saturated carbocycles. The Morgan fingerprint density at radius 1 is 1.31 bits per heavy atom. The molecule has 0 radical (unpaired) electrons. The fraction of sp³-hybridized carbons (Fsp3) is 0.900. The number of alkyl halides is 1. The second-order valence-electron chi connectivity index (χ2n) is 3.10. The molecule has 0 heterocycles. The minimum absolute atomic E-state index is 0.202. The normalized spacial score (nSPS) is 12.5. The van der Waals surface area contributed by atoms with Crippen molar-refractivity contribution in [1.29, 1.82) is 0 Å². The fourth-order valence-electron chi connectivity index (χ4n) is 0.959. The van der Waals surface area contributed by atoms with Crippen molar-refractivity contribution in [3.8, 4) is 0 Å². The molecular formula is C10H19FO2. The summed E-state index contributed by atoms with van der Waals surface area (Å²) in [6.45, 7) is 4.10. The van der Waals surface area contributed by atoms with E-state index in [1.165, 1.54) is 0 Å². The summed E-state index contributed by atoms with van der Waals surface area (Å²) in [5, 5.41) is 0. The first-order chi connectivity index (χ1) is 6.22. The Hall–Kier alpha value is -0.600. The lowest BCUT2D eigenvalue weighted by Crippen LogP contribution is -2.18. The molecule has 0 saturated heterocycles. The fourth-order valence-corrected chi connectivity index (χ4v) is 0.959. The highest BCUT2D eigenvalue weighted by Crippen LogP contribution is 2.02. The van der Waals surface area contributed by atoms with E-state index in [-0.39, 0.29) is 6.42 Å². The van der Waals surface area contributed by atoms with Gasteiger partial charge in [-0.1, -0.05) is 33.1 Å². The molecule has 2 nitrogen and oxygen atoms in total. The standard InChI is InChI=1S/C10H19FO2/c1-3-5-6-7-8-13-10(12)9(11)4-2/h9H,3-8H2,1-2H3. The number of hydrogen-bond acceptors (Lipinski definition) is 2. The quantitative estimate of drug-likeness (QED) is 0.456. The Morgan fingerprint density at radius 3 is 2.54 bits per heavy atom. The van der Waals surface area contributed by atoms with Crippen LogP contribution in [0.3, 0.4) is 0 Å². The Bertz CT molecular complexity index is 137. The summed E-state index contributed by atoms with van der Waals surface area (Å²) in [5.74, 6) is -0.709. The number of carbonyl (C=O) groups excluding carboxylic acids is 1. The number of rotatable bonds is 7. The van der Waals surface area contributed by atoms with Gasteiger partial charge in [0.1, 0.15) is 0 Å². The average Bonchev–Trinajstić information content (AvgIpc) is 2.16. The summed E-state index contributed by atoms with van der Waals surface area (Å²) in [6, 6.07) is 0. The van der Waals surface area contributed by atoms with Crippen LogP contribution in [0.5, 0.6) is 0 Å². The molecule has 0 bridgehead atoms. The van der Waals surface area contributed by atoms with Crippen LogP contribution in [0.1, 0.15) is 46.0 Å². The van der Waals surface area contributed by atoms with Gasteiger partial charge in [-0.05, 0) is 12.8 Å². The topological polar surface area (TPSA) is 26.3 Å². The lowest BCUT2D eigenvalue weighted by atomic mass is 10.2. The largest absolute Gasteiger partial charge is 0.464 e. The molecular weight excluding hydrogens is 171 g/mol. The van der Waals surface area contributed by atoms with Crippen molar-refractivity contribution in [2.45, 2.75) is 52.1 Å². The molecule has 0 rings (SSSR count). The molecule has 0 N–H and O–H groups in total. The van der Waals surface area contributed by atoms with Gasteiger partial charge in [0.2, 0.25) is 0 Å². The van der Waals surface area contributed by atoms with E-state index in [0.29, 0.717) is 6.61 Å². The monoisotopic (exact) mass is 190 g/mol. The van der Waals surface area contributed by atoms with Gasteiger partial charge in [0.15, 0.2) is 6.17 Å². The summed E-state index contributed by atoms with van der Waals surface area (Å²) >= 11 is 0. The molecule has 0 spiro atoms. The van der Waals surface area contributed by atoms with Gasteiger partial charge < -0.3 is 4.74 Å². The van der Waals surface area contributed by atoms with Crippen LogP contribution >= 0.6 is 0 Å². The maximum Gasteiger partial charge on any atom is 0.340 e.